The van der Waals surface area contributed by atoms with Gasteiger partial charge in [-0.05, 0) is 56.7 Å². The summed E-state index contributed by atoms with van der Waals surface area (Å²) < 4.78 is 0. The average molecular weight is 244 g/mol. The van der Waals surface area contributed by atoms with Crippen LogP contribution in [0.15, 0.2) is 12.1 Å². The third-order valence-corrected chi connectivity index (χ3v) is 4.27. The van der Waals surface area contributed by atoms with Crippen molar-refractivity contribution in [1.29, 1.82) is 0 Å². The van der Waals surface area contributed by atoms with Crippen molar-refractivity contribution >= 4 is 5.78 Å². The second-order valence-electron chi connectivity index (χ2n) is 5.82. The Hall–Kier alpha value is -1.11. The molecule has 0 aromatic heterocycles. The van der Waals surface area contributed by atoms with Crippen LogP contribution in [-0.2, 0) is 11.2 Å². The highest BCUT2D eigenvalue weighted by molar-refractivity contribution is 5.81. The molecule has 0 amide bonds. The first-order valence-corrected chi connectivity index (χ1v) is 7.17. The zero-order valence-corrected chi connectivity index (χ0v) is 11.9. The van der Waals surface area contributed by atoms with Gasteiger partial charge in [0, 0.05) is 12.3 Å². The Morgan fingerprint density at radius 1 is 1.11 bits per heavy atom. The fraction of sp³-hybridized carbons (Fsp3) is 0.588. The van der Waals surface area contributed by atoms with Crippen molar-refractivity contribution in [3.63, 3.8) is 0 Å². The molecule has 1 aromatic rings. The Kier molecular flexibility index (Phi) is 4.21. The van der Waals surface area contributed by atoms with E-state index < -0.39 is 0 Å². The minimum Gasteiger partial charge on any atom is -0.299 e. The molecule has 1 nitrogen and oxygen atoms in total. The number of rotatable bonds is 4. The van der Waals surface area contributed by atoms with E-state index in [1.54, 1.807) is 0 Å². The number of aryl methyl sites for hydroxylation is 3. The smallest absolute Gasteiger partial charge is 0.136 e. The molecule has 0 atom stereocenters. The first-order valence-electron chi connectivity index (χ1n) is 7.17. The normalized spacial score (nSPS) is 16.2. The molecular formula is C17H24O. The zero-order chi connectivity index (χ0) is 13.1. The summed E-state index contributed by atoms with van der Waals surface area (Å²) >= 11 is 0. The summed E-state index contributed by atoms with van der Waals surface area (Å²) in [5.74, 6) is 0.864. The predicted molar refractivity (Wildman–Crippen MR) is 75.9 cm³/mol. The van der Waals surface area contributed by atoms with Gasteiger partial charge in [-0.2, -0.15) is 0 Å². The van der Waals surface area contributed by atoms with Crippen LogP contribution < -0.4 is 0 Å². The van der Waals surface area contributed by atoms with E-state index in [9.17, 15) is 4.79 Å². The SMILES string of the molecule is Cc1cc(C)c(CCC(=O)C2CCCC2)c(C)c1. The van der Waals surface area contributed by atoms with Crippen LogP contribution in [0, 0.1) is 26.7 Å². The number of Topliss-reactive ketones (excluding diaryl/α,β-unsaturated/α-hetero) is 1. The van der Waals surface area contributed by atoms with Gasteiger partial charge in [0.2, 0.25) is 0 Å². The van der Waals surface area contributed by atoms with Gasteiger partial charge < -0.3 is 0 Å². The summed E-state index contributed by atoms with van der Waals surface area (Å²) in [6, 6.07) is 4.45. The topological polar surface area (TPSA) is 17.1 Å². The molecule has 0 spiro atoms. The van der Waals surface area contributed by atoms with Gasteiger partial charge >= 0.3 is 0 Å². The van der Waals surface area contributed by atoms with Crippen molar-refractivity contribution in [2.45, 2.75) is 59.3 Å². The first-order chi connectivity index (χ1) is 8.58. The lowest BCUT2D eigenvalue weighted by atomic mass is 9.92. The summed E-state index contributed by atoms with van der Waals surface area (Å²) in [6.45, 7) is 6.46. The molecule has 0 aliphatic heterocycles. The van der Waals surface area contributed by atoms with Crippen molar-refractivity contribution in [1.82, 2.24) is 0 Å². The van der Waals surface area contributed by atoms with E-state index in [-0.39, 0.29) is 0 Å². The molecule has 1 aliphatic rings. The highest BCUT2D eigenvalue weighted by Gasteiger charge is 2.22. The minimum absolute atomic E-state index is 0.371. The van der Waals surface area contributed by atoms with Crippen LogP contribution in [0.1, 0.15) is 54.4 Å². The van der Waals surface area contributed by atoms with E-state index in [0.717, 1.165) is 25.7 Å². The molecule has 0 saturated heterocycles. The van der Waals surface area contributed by atoms with Gasteiger partial charge in [0.15, 0.2) is 0 Å². The Bertz CT molecular complexity index is 416. The highest BCUT2D eigenvalue weighted by Crippen LogP contribution is 2.27. The fourth-order valence-corrected chi connectivity index (χ4v) is 3.30. The van der Waals surface area contributed by atoms with Crippen molar-refractivity contribution in [2.75, 3.05) is 0 Å². The standard InChI is InChI=1S/C17H24O/c1-12-10-13(2)16(14(3)11-12)8-9-17(18)15-6-4-5-7-15/h10-11,15H,4-9H2,1-3H3. The molecule has 1 aliphatic carbocycles. The maximum Gasteiger partial charge on any atom is 0.136 e. The highest BCUT2D eigenvalue weighted by atomic mass is 16.1. The van der Waals surface area contributed by atoms with Gasteiger partial charge in [-0.1, -0.05) is 30.5 Å². The van der Waals surface area contributed by atoms with Gasteiger partial charge in [-0.25, -0.2) is 0 Å². The van der Waals surface area contributed by atoms with Crippen molar-refractivity contribution in [2.24, 2.45) is 5.92 Å². The third-order valence-electron chi connectivity index (χ3n) is 4.27. The molecule has 2 rings (SSSR count). The second kappa shape index (κ2) is 5.69. The van der Waals surface area contributed by atoms with Gasteiger partial charge in [0.05, 0.1) is 0 Å². The Morgan fingerprint density at radius 3 is 2.22 bits per heavy atom. The van der Waals surface area contributed by atoms with Crippen LogP contribution in [0.3, 0.4) is 0 Å². The van der Waals surface area contributed by atoms with Crippen molar-refractivity contribution < 1.29 is 4.79 Å². The van der Waals surface area contributed by atoms with E-state index in [1.807, 2.05) is 0 Å². The molecule has 98 valence electrons. The summed E-state index contributed by atoms with van der Waals surface area (Å²) in [5.41, 5.74) is 5.38. The second-order valence-corrected chi connectivity index (χ2v) is 5.82. The summed E-state index contributed by atoms with van der Waals surface area (Å²) in [6.07, 6.45) is 6.41. The number of carbonyl (C=O) groups is 1. The monoisotopic (exact) mass is 244 g/mol. The number of carbonyl (C=O) groups excluding carboxylic acids is 1. The molecule has 0 radical (unpaired) electrons. The van der Waals surface area contributed by atoms with Crippen LogP contribution in [0.25, 0.3) is 0 Å². The number of ketones is 1. The molecule has 1 fully saturated rings. The van der Waals surface area contributed by atoms with E-state index in [4.69, 9.17) is 0 Å². The number of hydrogen-bond acceptors (Lipinski definition) is 1. The van der Waals surface area contributed by atoms with Gasteiger partial charge in [-0.15, -0.1) is 0 Å². The zero-order valence-electron chi connectivity index (χ0n) is 11.9. The predicted octanol–water partition coefficient (Wildman–Crippen LogP) is 4.30. The fourth-order valence-electron chi connectivity index (χ4n) is 3.30. The van der Waals surface area contributed by atoms with Gasteiger partial charge in [0.1, 0.15) is 5.78 Å². The van der Waals surface area contributed by atoms with Crippen LogP contribution >= 0.6 is 0 Å². The molecule has 1 saturated carbocycles. The molecule has 1 aromatic carbocycles. The molecule has 0 heterocycles. The first kappa shape index (κ1) is 13.3. The Labute approximate surface area is 111 Å². The third kappa shape index (κ3) is 3.01. The van der Waals surface area contributed by atoms with E-state index in [0.29, 0.717) is 11.7 Å². The van der Waals surface area contributed by atoms with E-state index in [1.165, 1.54) is 35.1 Å². The largest absolute Gasteiger partial charge is 0.299 e. The van der Waals surface area contributed by atoms with Crippen LogP contribution in [0.5, 0.6) is 0 Å². The number of hydrogen-bond donors (Lipinski definition) is 0. The minimum atomic E-state index is 0.371. The lowest BCUT2D eigenvalue weighted by Gasteiger charge is -2.12. The molecular weight excluding hydrogens is 220 g/mol. The molecule has 0 N–H and O–H groups in total. The average Bonchev–Trinajstić information content (AvgIpc) is 2.80. The van der Waals surface area contributed by atoms with Crippen LogP contribution in [-0.4, -0.2) is 5.78 Å². The Balaban J connectivity index is 1.99. The lowest BCUT2D eigenvalue weighted by Crippen LogP contribution is -2.12. The molecule has 1 heteroatoms. The van der Waals surface area contributed by atoms with Crippen LogP contribution in [0.4, 0.5) is 0 Å². The summed E-state index contributed by atoms with van der Waals surface area (Å²) in [7, 11) is 0. The summed E-state index contributed by atoms with van der Waals surface area (Å²) in [4.78, 5) is 12.1. The van der Waals surface area contributed by atoms with E-state index in [2.05, 4.69) is 32.9 Å². The van der Waals surface area contributed by atoms with Crippen molar-refractivity contribution in [3.05, 3.63) is 34.4 Å². The maximum atomic E-state index is 12.1. The van der Waals surface area contributed by atoms with Crippen molar-refractivity contribution in [3.8, 4) is 0 Å². The van der Waals surface area contributed by atoms with Crippen LogP contribution in [0.2, 0.25) is 0 Å². The van der Waals surface area contributed by atoms with E-state index >= 15 is 0 Å². The summed E-state index contributed by atoms with van der Waals surface area (Å²) in [5, 5.41) is 0. The van der Waals surface area contributed by atoms with Gasteiger partial charge in [0.25, 0.3) is 0 Å². The quantitative estimate of drug-likeness (QED) is 0.771. The Morgan fingerprint density at radius 2 is 1.67 bits per heavy atom. The maximum absolute atomic E-state index is 12.1. The molecule has 18 heavy (non-hydrogen) atoms. The lowest BCUT2D eigenvalue weighted by molar-refractivity contribution is -0.122. The van der Waals surface area contributed by atoms with Gasteiger partial charge in [-0.3, -0.25) is 4.79 Å². The number of benzene rings is 1. The molecule has 0 bridgehead atoms. The molecule has 0 unspecified atom stereocenters.